The van der Waals surface area contributed by atoms with Gasteiger partial charge in [-0.25, -0.2) is 0 Å². The number of aliphatic hydroxyl groups is 1. The molecular weight excluding hydrogens is 190 g/mol. The van der Waals surface area contributed by atoms with Crippen LogP contribution in [0.15, 0.2) is 0 Å². The van der Waals surface area contributed by atoms with Gasteiger partial charge in [-0.3, -0.25) is 0 Å². The van der Waals surface area contributed by atoms with Crippen molar-refractivity contribution in [3.05, 3.63) is 0 Å². The molecule has 0 spiro atoms. The van der Waals surface area contributed by atoms with Gasteiger partial charge < -0.3 is 10.3 Å². The zero-order chi connectivity index (χ0) is 11.9. The maximum absolute atomic E-state index is 10.1. The fraction of sp³-hybridized carbons (Fsp3) is 1.00. The third kappa shape index (κ3) is 1.81. The second-order valence-electron chi connectivity index (χ2n) is 5.46. The summed E-state index contributed by atoms with van der Waals surface area (Å²) in [6.07, 6.45) is 2.26. The summed E-state index contributed by atoms with van der Waals surface area (Å²) in [4.78, 5) is 0. The van der Waals surface area contributed by atoms with Crippen molar-refractivity contribution in [1.82, 2.24) is 5.06 Å². The number of rotatable bonds is 2. The molecule has 0 saturated carbocycles. The number of hydrogen-bond donors (Lipinski definition) is 1. The summed E-state index contributed by atoms with van der Waals surface area (Å²) in [5.74, 6) is 0.166. The Hall–Kier alpha value is -0.120. The van der Waals surface area contributed by atoms with Crippen LogP contribution in [-0.2, 0) is 0 Å². The second-order valence-corrected chi connectivity index (χ2v) is 5.46. The van der Waals surface area contributed by atoms with Gasteiger partial charge in [-0.05, 0) is 33.1 Å². The molecule has 1 fully saturated rings. The lowest BCUT2D eigenvalue weighted by Gasteiger charge is -2.52. The number of hydroxylamine groups is 2. The van der Waals surface area contributed by atoms with Crippen molar-refractivity contribution >= 4 is 0 Å². The summed E-state index contributed by atoms with van der Waals surface area (Å²) in [6, 6.07) is 0. The zero-order valence-electron chi connectivity index (χ0n) is 10.7. The molecule has 4 unspecified atom stereocenters. The van der Waals surface area contributed by atoms with Gasteiger partial charge in [0.2, 0.25) is 0 Å². The fourth-order valence-electron chi connectivity index (χ4n) is 2.74. The molecule has 3 nitrogen and oxygen atoms in total. The molecule has 1 aliphatic rings. The lowest BCUT2D eigenvalue weighted by Crippen LogP contribution is -2.66. The highest BCUT2D eigenvalue weighted by Crippen LogP contribution is 2.43. The summed E-state index contributed by atoms with van der Waals surface area (Å²) in [6.45, 7) is 10.4. The molecule has 0 aromatic rings. The van der Waals surface area contributed by atoms with Crippen LogP contribution >= 0.6 is 0 Å². The van der Waals surface area contributed by atoms with Gasteiger partial charge in [-0.1, -0.05) is 25.8 Å². The first kappa shape index (κ1) is 12.9. The first-order valence-electron chi connectivity index (χ1n) is 6.01. The minimum Gasteiger partial charge on any atom is -0.393 e. The average molecular weight is 216 g/mol. The quantitative estimate of drug-likeness (QED) is 0.714. The van der Waals surface area contributed by atoms with E-state index in [0.717, 1.165) is 12.8 Å². The molecular formula is C12H26NO2+. The molecule has 4 atom stereocenters. The standard InChI is InChI=1S/C12H25NO2/c1-6-11(4)8-10(14)9(3)12(5,7-2)13(11)15/h9-10,14-15H,6-8H2,1-5H3/p+1. The Morgan fingerprint density at radius 2 is 1.87 bits per heavy atom. The Morgan fingerprint density at radius 3 is 2.27 bits per heavy atom. The van der Waals surface area contributed by atoms with Gasteiger partial charge in [0.15, 0.2) is 0 Å². The van der Waals surface area contributed by atoms with Crippen LogP contribution < -0.4 is 0 Å². The monoisotopic (exact) mass is 216 g/mol. The Morgan fingerprint density at radius 1 is 1.33 bits per heavy atom. The van der Waals surface area contributed by atoms with E-state index in [-0.39, 0.29) is 23.1 Å². The molecule has 3 N–H and O–H groups in total. The number of hydrogen-bond acceptors (Lipinski definition) is 2. The van der Waals surface area contributed by atoms with Crippen LogP contribution in [0.1, 0.15) is 53.9 Å². The highest BCUT2D eigenvalue weighted by Gasteiger charge is 2.55. The predicted molar refractivity (Wildman–Crippen MR) is 62.6 cm³/mol. The molecule has 0 aromatic heterocycles. The molecule has 1 aliphatic heterocycles. The Labute approximate surface area is 93.1 Å². The van der Waals surface area contributed by atoms with Gasteiger partial charge in [0, 0.05) is 5.92 Å². The summed E-state index contributed by atoms with van der Waals surface area (Å²) in [7, 11) is 0. The van der Waals surface area contributed by atoms with E-state index in [1.54, 1.807) is 5.06 Å². The molecule has 1 rings (SSSR count). The molecule has 90 valence electrons. The minimum absolute atomic E-state index is 0.166. The SMILES string of the molecule is CCC1(C)CC(O)C(C)C(C)(CC)N1[OH2+]. The van der Waals surface area contributed by atoms with Crippen molar-refractivity contribution in [3.8, 4) is 0 Å². The summed E-state index contributed by atoms with van der Waals surface area (Å²) < 4.78 is 0. The van der Waals surface area contributed by atoms with E-state index < -0.39 is 0 Å². The highest BCUT2D eigenvalue weighted by molar-refractivity contribution is 5.03. The summed E-state index contributed by atoms with van der Waals surface area (Å²) >= 11 is 0. The normalized spacial score (nSPS) is 48.2. The van der Waals surface area contributed by atoms with Crippen LogP contribution in [0.5, 0.6) is 0 Å². The van der Waals surface area contributed by atoms with Crippen molar-refractivity contribution in [3.63, 3.8) is 0 Å². The van der Waals surface area contributed by atoms with Gasteiger partial charge >= 0.3 is 0 Å². The van der Waals surface area contributed by atoms with Gasteiger partial charge in [0.25, 0.3) is 0 Å². The maximum Gasteiger partial charge on any atom is 0.0910 e. The topological polar surface area (TPSA) is 46.4 Å². The average Bonchev–Trinajstić information content (AvgIpc) is 2.23. The summed E-state index contributed by atoms with van der Waals surface area (Å²) in [5, 5.41) is 20.2. The Bertz CT molecular complexity index is 234. The molecule has 0 amide bonds. The highest BCUT2D eigenvalue weighted by atomic mass is 16.5. The first-order valence-corrected chi connectivity index (χ1v) is 6.01. The molecule has 0 aromatic carbocycles. The van der Waals surface area contributed by atoms with E-state index in [1.165, 1.54) is 0 Å². The van der Waals surface area contributed by atoms with Crippen LogP contribution in [0.2, 0.25) is 0 Å². The number of nitrogens with zero attached hydrogens (tertiary/aromatic N) is 1. The van der Waals surface area contributed by atoms with Crippen molar-refractivity contribution < 1.29 is 10.3 Å². The maximum atomic E-state index is 10.1. The predicted octanol–water partition coefficient (Wildman–Crippen LogP) is 1.67. The third-order valence-corrected chi connectivity index (χ3v) is 4.74. The van der Waals surface area contributed by atoms with Crippen molar-refractivity contribution in [2.45, 2.75) is 71.1 Å². The van der Waals surface area contributed by atoms with Gasteiger partial charge in [0.1, 0.15) is 0 Å². The van der Waals surface area contributed by atoms with E-state index in [1.807, 2.05) is 0 Å². The van der Waals surface area contributed by atoms with Crippen LogP contribution in [0, 0.1) is 5.92 Å². The van der Waals surface area contributed by atoms with Crippen LogP contribution in [0.3, 0.4) is 0 Å². The van der Waals surface area contributed by atoms with E-state index >= 15 is 0 Å². The van der Waals surface area contributed by atoms with E-state index in [0.29, 0.717) is 6.42 Å². The molecule has 0 aliphatic carbocycles. The van der Waals surface area contributed by atoms with Crippen LogP contribution in [0.25, 0.3) is 0 Å². The number of aliphatic hydroxyl groups excluding tert-OH is 1. The Kier molecular flexibility index (Phi) is 3.49. The fourth-order valence-corrected chi connectivity index (χ4v) is 2.74. The van der Waals surface area contributed by atoms with E-state index in [9.17, 15) is 5.11 Å². The largest absolute Gasteiger partial charge is 0.393 e. The molecule has 0 radical (unpaired) electrons. The van der Waals surface area contributed by atoms with Crippen molar-refractivity contribution in [1.29, 1.82) is 0 Å². The van der Waals surface area contributed by atoms with Crippen molar-refractivity contribution in [2.75, 3.05) is 0 Å². The van der Waals surface area contributed by atoms with E-state index in [4.69, 9.17) is 5.21 Å². The second kappa shape index (κ2) is 4.04. The molecule has 1 heterocycles. The molecule has 1 saturated heterocycles. The van der Waals surface area contributed by atoms with Gasteiger partial charge in [-0.15, -0.1) is 0 Å². The summed E-state index contributed by atoms with van der Waals surface area (Å²) in [5.41, 5.74) is -0.390. The zero-order valence-corrected chi connectivity index (χ0v) is 10.7. The molecule has 0 bridgehead atoms. The molecule has 3 heteroatoms. The minimum atomic E-state index is -0.276. The smallest absolute Gasteiger partial charge is 0.0910 e. The third-order valence-electron chi connectivity index (χ3n) is 4.74. The Balaban J connectivity index is 3.05. The number of piperidine rings is 1. The van der Waals surface area contributed by atoms with E-state index in [2.05, 4.69) is 34.6 Å². The lowest BCUT2D eigenvalue weighted by molar-refractivity contribution is -0.287. The van der Waals surface area contributed by atoms with Gasteiger partial charge in [0.05, 0.1) is 17.2 Å². The van der Waals surface area contributed by atoms with Crippen molar-refractivity contribution in [2.24, 2.45) is 5.92 Å². The van der Waals surface area contributed by atoms with Gasteiger partial charge in [-0.2, -0.15) is 0 Å². The molecule has 15 heavy (non-hydrogen) atoms. The lowest BCUT2D eigenvalue weighted by atomic mass is 9.69. The van der Waals surface area contributed by atoms with Crippen LogP contribution in [0.4, 0.5) is 0 Å². The van der Waals surface area contributed by atoms with Crippen LogP contribution in [-0.4, -0.2) is 32.6 Å². The first-order chi connectivity index (χ1) is 6.81.